The molecule has 0 fully saturated rings. The van der Waals surface area contributed by atoms with Gasteiger partial charge in [-0.15, -0.1) is 0 Å². The minimum absolute atomic E-state index is 0.00134. The van der Waals surface area contributed by atoms with Gasteiger partial charge in [0.1, 0.15) is 5.75 Å². The number of halogens is 1. The molecule has 0 saturated heterocycles. The predicted octanol–water partition coefficient (Wildman–Crippen LogP) is 3.20. The van der Waals surface area contributed by atoms with Gasteiger partial charge in [-0.3, -0.25) is 0 Å². The van der Waals surface area contributed by atoms with Gasteiger partial charge in [0.2, 0.25) is 11.2 Å². The maximum atomic E-state index is 11.5. The van der Waals surface area contributed by atoms with E-state index in [1.807, 2.05) is 13.8 Å². The van der Waals surface area contributed by atoms with Crippen molar-refractivity contribution in [1.82, 2.24) is 9.97 Å². The maximum Gasteiger partial charge on any atom is 0.356 e. The Bertz CT molecular complexity index is 761. The Morgan fingerprint density at radius 2 is 1.86 bits per heavy atom. The van der Waals surface area contributed by atoms with E-state index in [1.165, 1.54) is 13.2 Å². The predicted molar refractivity (Wildman–Crippen MR) is 79.1 cm³/mol. The van der Waals surface area contributed by atoms with E-state index in [2.05, 4.69) is 20.8 Å². The van der Waals surface area contributed by atoms with Gasteiger partial charge in [-0.1, -0.05) is 0 Å². The van der Waals surface area contributed by atoms with Crippen LogP contribution >= 0.6 is 11.6 Å². The quantitative estimate of drug-likeness (QED) is 0.638. The molecule has 0 radical (unpaired) electrons. The number of aryl methyl sites for hydroxylation is 2. The molecule has 0 N–H and O–H groups in total. The minimum atomic E-state index is -0.637. The third kappa shape index (κ3) is 3.32. The van der Waals surface area contributed by atoms with Gasteiger partial charge >= 0.3 is 5.97 Å². The summed E-state index contributed by atoms with van der Waals surface area (Å²) in [5.41, 5.74) is 2.08. The van der Waals surface area contributed by atoms with E-state index in [-0.39, 0.29) is 16.9 Å². The van der Waals surface area contributed by atoms with Crippen molar-refractivity contribution in [1.29, 1.82) is 5.26 Å². The summed E-state index contributed by atoms with van der Waals surface area (Å²) in [6.07, 6.45) is 0. The van der Waals surface area contributed by atoms with Crippen LogP contribution in [0.2, 0.25) is 5.28 Å². The van der Waals surface area contributed by atoms with E-state index in [1.54, 1.807) is 12.1 Å². The highest BCUT2D eigenvalue weighted by atomic mass is 35.5. The van der Waals surface area contributed by atoms with Crippen LogP contribution in [0.5, 0.6) is 11.6 Å². The molecule has 0 spiro atoms. The highest BCUT2D eigenvalue weighted by Gasteiger charge is 2.14. The number of rotatable bonds is 3. The van der Waals surface area contributed by atoms with Crippen molar-refractivity contribution in [3.05, 3.63) is 45.9 Å². The molecule has 0 amide bonds. The fraction of sp³-hybridized carbons (Fsp3) is 0.200. The van der Waals surface area contributed by atoms with E-state index in [9.17, 15) is 4.79 Å². The zero-order valence-corrected chi connectivity index (χ0v) is 12.9. The number of hydrogen-bond acceptors (Lipinski definition) is 6. The summed E-state index contributed by atoms with van der Waals surface area (Å²) in [6, 6.07) is 6.82. The Hall–Kier alpha value is -2.65. The molecule has 7 heteroatoms. The molecule has 1 aromatic heterocycles. The van der Waals surface area contributed by atoms with Crippen LogP contribution in [-0.4, -0.2) is 23.0 Å². The Kier molecular flexibility index (Phi) is 4.59. The maximum absolute atomic E-state index is 11.5. The lowest BCUT2D eigenvalue weighted by Crippen LogP contribution is -2.06. The Morgan fingerprint density at radius 1 is 1.23 bits per heavy atom. The number of carbonyl (C=O) groups excluding carboxylic acids is 1. The molecule has 0 atom stereocenters. The third-order valence-electron chi connectivity index (χ3n) is 2.87. The van der Waals surface area contributed by atoms with Crippen molar-refractivity contribution >= 4 is 17.6 Å². The molecule has 0 bridgehead atoms. The SMILES string of the molecule is COC(=O)c1cc(Oc2c(C)cc(C#N)cc2C)nc(Cl)n1. The lowest BCUT2D eigenvalue weighted by Gasteiger charge is -2.12. The Labute approximate surface area is 132 Å². The summed E-state index contributed by atoms with van der Waals surface area (Å²) < 4.78 is 10.3. The van der Waals surface area contributed by atoms with Crippen molar-refractivity contribution in [3.8, 4) is 17.7 Å². The highest BCUT2D eigenvalue weighted by molar-refractivity contribution is 6.28. The standard InChI is InChI=1S/C15H12ClN3O3/c1-8-4-10(7-17)5-9(2)13(8)22-12-6-11(14(20)21-3)18-15(16)19-12/h4-6H,1-3H3. The molecule has 112 valence electrons. The smallest absolute Gasteiger partial charge is 0.356 e. The summed E-state index contributed by atoms with van der Waals surface area (Å²) in [5.74, 6) is 0.0308. The van der Waals surface area contributed by atoms with Crippen molar-refractivity contribution in [3.63, 3.8) is 0 Å². The first kappa shape index (κ1) is 15.7. The minimum Gasteiger partial charge on any atom is -0.464 e. The monoisotopic (exact) mass is 317 g/mol. The molecule has 6 nitrogen and oxygen atoms in total. The number of benzene rings is 1. The lowest BCUT2D eigenvalue weighted by molar-refractivity contribution is 0.0593. The van der Waals surface area contributed by atoms with E-state index >= 15 is 0 Å². The second-order valence-electron chi connectivity index (χ2n) is 4.51. The lowest BCUT2D eigenvalue weighted by atomic mass is 10.1. The van der Waals surface area contributed by atoms with Crippen molar-refractivity contribution in [2.45, 2.75) is 13.8 Å². The normalized spacial score (nSPS) is 9.95. The summed E-state index contributed by atoms with van der Waals surface area (Å²) >= 11 is 5.79. The third-order valence-corrected chi connectivity index (χ3v) is 3.03. The summed E-state index contributed by atoms with van der Waals surface area (Å²) in [5, 5.41) is 8.82. The first-order chi connectivity index (χ1) is 10.4. The largest absolute Gasteiger partial charge is 0.464 e. The van der Waals surface area contributed by atoms with E-state index in [0.29, 0.717) is 11.3 Å². The van der Waals surface area contributed by atoms with Gasteiger partial charge in [-0.05, 0) is 48.7 Å². The first-order valence-electron chi connectivity index (χ1n) is 6.26. The Balaban J connectivity index is 2.42. The van der Waals surface area contributed by atoms with Gasteiger partial charge in [-0.25, -0.2) is 9.78 Å². The zero-order valence-electron chi connectivity index (χ0n) is 12.2. The van der Waals surface area contributed by atoms with Crippen molar-refractivity contribution in [2.75, 3.05) is 7.11 Å². The van der Waals surface area contributed by atoms with Crippen LogP contribution in [0.25, 0.3) is 0 Å². The van der Waals surface area contributed by atoms with Gasteiger partial charge in [0.15, 0.2) is 5.69 Å². The van der Waals surface area contributed by atoms with Crippen LogP contribution in [0.1, 0.15) is 27.2 Å². The van der Waals surface area contributed by atoms with E-state index in [4.69, 9.17) is 21.6 Å². The topological polar surface area (TPSA) is 85.1 Å². The van der Waals surface area contributed by atoms with Gasteiger partial charge in [-0.2, -0.15) is 10.2 Å². The molecular formula is C15H12ClN3O3. The van der Waals surface area contributed by atoms with Gasteiger partial charge in [0.05, 0.1) is 18.7 Å². The average Bonchev–Trinajstić information content (AvgIpc) is 2.49. The zero-order chi connectivity index (χ0) is 16.3. The number of nitrogens with zero attached hydrogens (tertiary/aromatic N) is 3. The van der Waals surface area contributed by atoms with E-state index < -0.39 is 5.97 Å². The first-order valence-corrected chi connectivity index (χ1v) is 6.64. The molecule has 0 aliphatic rings. The number of hydrogen-bond donors (Lipinski definition) is 0. The fourth-order valence-electron chi connectivity index (χ4n) is 1.94. The summed E-state index contributed by atoms with van der Waals surface area (Å²) in [4.78, 5) is 19.2. The molecule has 2 aromatic rings. The number of ether oxygens (including phenoxy) is 2. The number of nitriles is 1. The van der Waals surface area contributed by atoms with Crippen LogP contribution < -0.4 is 4.74 Å². The van der Waals surface area contributed by atoms with Gasteiger partial charge in [0, 0.05) is 6.07 Å². The number of aromatic nitrogens is 2. The average molecular weight is 318 g/mol. The molecule has 1 aromatic carbocycles. The number of methoxy groups -OCH3 is 1. The Morgan fingerprint density at radius 3 is 2.41 bits per heavy atom. The number of esters is 1. The molecule has 0 saturated carbocycles. The van der Waals surface area contributed by atoms with Crippen LogP contribution in [0, 0.1) is 25.2 Å². The van der Waals surface area contributed by atoms with Crippen LogP contribution in [-0.2, 0) is 4.74 Å². The van der Waals surface area contributed by atoms with Crippen LogP contribution in [0.4, 0.5) is 0 Å². The molecule has 0 aliphatic carbocycles. The number of carbonyl (C=O) groups is 1. The van der Waals surface area contributed by atoms with E-state index in [0.717, 1.165) is 11.1 Å². The highest BCUT2D eigenvalue weighted by Crippen LogP contribution is 2.29. The van der Waals surface area contributed by atoms with Crippen molar-refractivity contribution < 1.29 is 14.3 Å². The molecule has 0 unspecified atom stereocenters. The summed E-state index contributed by atoms with van der Waals surface area (Å²) in [6.45, 7) is 3.63. The van der Waals surface area contributed by atoms with Gasteiger partial charge < -0.3 is 9.47 Å². The second-order valence-corrected chi connectivity index (χ2v) is 4.84. The van der Waals surface area contributed by atoms with Gasteiger partial charge in [0.25, 0.3) is 0 Å². The molecule has 0 aliphatic heterocycles. The molecule has 1 heterocycles. The molecule has 22 heavy (non-hydrogen) atoms. The molecule has 2 rings (SSSR count). The second kappa shape index (κ2) is 6.41. The summed E-state index contributed by atoms with van der Waals surface area (Å²) in [7, 11) is 1.24. The van der Waals surface area contributed by atoms with Crippen molar-refractivity contribution in [2.24, 2.45) is 0 Å². The van der Waals surface area contributed by atoms with Crippen LogP contribution in [0.3, 0.4) is 0 Å². The van der Waals surface area contributed by atoms with Crippen LogP contribution in [0.15, 0.2) is 18.2 Å². The fourth-order valence-corrected chi connectivity index (χ4v) is 2.11. The molecular weight excluding hydrogens is 306 g/mol.